The second-order valence-electron chi connectivity index (χ2n) is 7.95. The number of halogens is 1. The second kappa shape index (κ2) is 8.31. The number of aromatic hydroxyl groups is 1. The molecule has 0 radical (unpaired) electrons. The number of phenols is 1. The lowest BCUT2D eigenvalue weighted by molar-refractivity contribution is -0.132. The minimum atomic E-state index is -0.248. The Morgan fingerprint density at radius 3 is 2.43 bits per heavy atom. The number of benzene rings is 2. The summed E-state index contributed by atoms with van der Waals surface area (Å²) in [6.45, 7) is 3.19. The summed E-state index contributed by atoms with van der Waals surface area (Å²) in [5, 5.41) is 9.50. The van der Waals surface area contributed by atoms with Crippen molar-refractivity contribution >= 4 is 5.91 Å². The van der Waals surface area contributed by atoms with Crippen LogP contribution in [0.5, 0.6) is 5.75 Å². The molecule has 0 aromatic heterocycles. The highest BCUT2D eigenvalue weighted by Gasteiger charge is 2.36. The summed E-state index contributed by atoms with van der Waals surface area (Å²) >= 11 is 0. The number of carbonyl (C=O) groups is 1. The van der Waals surface area contributed by atoms with Gasteiger partial charge in [-0.3, -0.25) is 9.69 Å². The number of likely N-dealkylation sites (tertiary alicyclic amines) is 2. The SMILES string of the molecule is O=C1C(N2CCCC(c3ccc(O)cc3)CC2)CCN1Cc1ccc(F)cc1. The van der Waals surface area contributed by atoms with Gasteiger partial charge in [-0.25, -0.2) is 4.39 Å². The van der Waals surface area contributed by atoms with Crippen LogP contribution in [0.25, 0.3) is 0 Å². The summed E-state index contributed by atoms with van der Waals surface area (Å²) in [7, 11) is 0. The average molecular weight is 382 g/mol. The standard InChI is InChI=1S/C23H27FN2O2/c24-20-7-3-17(4-8-20)16-26-15-12-22(23(26)28)25-13-1-2-18(11-14-25)19-5-9-21(27)10-6-19/h3-10,18,22,27H,1-2,11-16H2. The minimum absolute atomic E-state index is 0.0287. The molecule has 2 aromatic rings. The monoisotopic (exact) mass is 382 g/mol. The van der Waals surface area contributed by atoms with E-state index >= 15 is 0 Å². The van der Waals surface area contributed by atoms with E-state index < -0.39 is 0 Å². The summed E-state index contributed by atoms with van der Waals surface area (Å²) in [6.07, 6.45) is 4.09. The summed E-state index contributed by atoms with van der Waals surface area (Å²) in [5.41, 5.74) is 2.24. The molecule has 2 saturated heterocycles. The highest BCUT2D eigenvalue weighted by molar-refractivity contribution is 5.84. The summed E-state index contributed by atoms with van der Waals surface area (Å²) in [6, 6.07) is 13.9. The van der Waals surface area contributed by atoms with Crippen LogP contribution in [0.2, 0.25) is 0 Å². The number of amides is 1. The Labute approximate surface area is 165 Å². The summed E-state index contributed by atoms with van der Waals surface area (Å²) in [5.74, 6) is 0.740. The van der Waals surface area contributed by atoms with Crippen LogP contribution in [0, 0.1) is 5.82 Å². The number of nitrogens with zero attached hydrogens (tertiary/aromatic N) is 2. The van der Waals surface area contributed by atoms with E-state index in [2.05, 4.69) is 4.90 Å². The Morgan fingerprint density at radius 2 is 1.68 bits per heavy atom. The van der Waals surface area contributed by atoms with Gasteiger partial charge < -0.3 is 10.0 Å². The molecule has 0 aliphatic carbocycles. The first-order valence-electron chi connectivity index (χ1n) is 10.2. The lowest BCUT2D eigenvalue weighted by Gasteiger charge is -2.26. The molecular formula is C23H27FN2O2. The van der Waals surface area contributed by atoms with Gasteiger partial charge in [0.15, 0.2) is 0 Å². The van der Waals surface area contributed by atoms with Crippen molar-refractivity contribution in [1.29, 1.82) is 0 Å². The lowest BCUT2D eigenvalue weighted by Crippen LogP contribution is -2.42. The topological polar surface area (TPSA) is 43.8 Å². The number of carbonyl (C=O) groups excluding carboxylic acids is 1. The molecule has 2 aromatic carbocycles. The van der Waals surface area contributed by atoms with E-state index in [-0.39, 0.29) is 17.8 Å². The third-order valence-corrected chi connectivity index (χ3v) is 6.12. The van der Waals surface area contributed by atoms with Gasteiger partial charge in [-0.15, -0.1) is 0 Å². The van der Waals surface area contributed by atoms with Crippen molar-refractivity contribution in [1.82, 2.24) is 9.80 Å². The Balaban J connectivity index is 1.36. The predicted octanol–water partition coefficient (Wildman–Crippen LogP) is 3.90. The number of hydrogen-bond acceptors (Lipinski definition) is 3. The zero-order valence-corrected chi connectivity index (χ0v) is 16.1. The van der Waals surface area contributed by atoms with Crippen LogP contribution in [-0.4, -0.2) is 46.5 Å². The maximum atomic E-state index is 13.1. The van der Waals surface area contributed by atoms with E-state index in [1.807, 2.05) is 17.0 Å². The van der Waals surface area contributed by atoms with Crippen LogP contribution >= 0.6 is 0 Å². The molecule has 2 atom stereocenters. The molecule has 4 nitrogen and oxygen atoms in total. The van der Waals surface area contributed by atoms with Crippen LogP contribution in [0.15, 0.2) is 48.5 Å². The minimum Gasteiger partial charge on any atom is -0.508 e. The third kappa shape index (κ3) is 4.20. The van der Waals surface area contributed by atoms with Crippen LogP contribution < -0.4 is 0 Å². The Morgan fingerprint density at radius 1 is 0.929 bits per heavy atom. The van der Waals surface area contributed by atoms with Crippen molar-refractivity contribution in [2.45, 2.75) is 44.2 Å². The maximum Gasteiger partial charge on any atom is 0.240 e. The first kappa shape index (κ1) is 18.9. The number of hydrogen-bond donors (Lipinski definition) is 1. The predicted molar refractivity (Wildman–Crippen MR) is 106 cm³/mol. The fourth-order valence-electron chi connectivity index (χ4n) is 4.54. The van der Waals surface area contributed by atoms with Gasteiger partial charge in [-0.1, -0.05) is 24.3 Å². The molecule has 4 rings (SSSR count). The molecule has 0 bridgehead atoms. The van der Waals surface area contributed by atoms with E-state index in [1.165, 1.54) is 17.7 Å². The highest BCUT2D eigenvalue weighted by atomic mass is 19.1. The molecule has 2 aliphatic heterocycles. The Bertz CT molecular complexity index is 806. The molecule has 2 fully saturated rings. The van der Waals surface area contributed by atoms with Crippen LogP contribution in [0.4, 0.5) is 4.39 Å². The Kier molecular flexibility index (Phi) is 5.62. The van der Waals surface area contributed by atoms with Crippen molar-refractivity contribution in [3.05, 3.63) is 65.5 Å². The van der Waals surface area contributed by atoms with E-state index in [0.29, 0.717) is 18.2 Å². The molecule has 2 unspecified atom stereocenters. The number of rotatable bonds is 4. The fourth-order valence-corrected chi connectivity index (χ4v) is 4.54. The van der Waals surface area contributed by atoms with Crippen molar-refractivity contribution < 1.29 is 14.3 Å². The highest BCUT2D eigenvalue weighted by Crippen LogP contribution is 2.31. The first-order valence-corrected chi connectivity index (χ1v) is 10.2. The quantitative estimate of drug-likeness (QED) is 0.872. The molecule has 1 amide bonds. The molecule has 1 N–H and O–H groups in total. The van der Waals surface area contributed by atoms with Gasteiger partial charge in [-0.2, -0.15) is 0 Å². The molecule has 0 spiro atoms. The normalized spacial score (nSPS) is 23.8. The molecule has 2 heterocycles. The first-order chi connectivity index (χ1) is 13.6. The van der Waals surface area contributed by atoms with Crippen molar-refractivity contribution in [2.75, 3.05) is 19.6 Å². The molecule has 2 aliphatic rings. The average Bonchev–Trinajstić information content (AvgIpc) is 2.91. The van der Waals surface area contributed by atoms with E-state index in [0.717, 1.165) is 50.9 Å². The maximum absolute atomic E-state index is 13.1. The van der Waals surface area contributed by atoms with Crippen molar-refractivity contribution in [3.63, 3.8) is 0 Å². The smallest absolute Gasteiger partial charge is 0.240 e. The summed E-state index contributed by atoms with van der Waals surface area (Å²) in [4.78, 5) is 17.2. The largest absolute Gasteiger partial charge is 0.508 e. The molecular weight excluding hydrogens is 355 g/mol. The fraction of sp³-hybridized carbons (Fsp3) is 0.435. The molecule has 5 heteroatoms. The van der Waals surface area contributed by atoms with E-state index in [9.17, 15) is 14.3 Å². The van der Waals surface area contributed by atoms with Gasteiger partial charge in [0.2, 0.25) is 5.91 Å². The molecule has 0 saturated carbocycles. The van der Waals surface area contributed by atoms with Gasteiger partial charge >= 0.3 is 0 Å². The zero-order valence-electron chi connectivity index (χ0n) is 16.1. The summed E-state index contributed by atoms with van der Waals surface area (Å²) < 4.78 is 13.1. The van der Waals surface area contributed by atoms with E-state index in [4.69, 9.17) is 0 Å². The molecule has 28 heavy (non-hydrogen) atoms. The number of phenolic OH excluding ortho intramolecular Hbond substituents is 1. The Hall–Kier alpha value is -2.40. The van der Waals surface area contributed by atoms with E-state index in [1.54, 1.807) is 24.3 Å². The van der Waals surface area contributed by atoms with Gasteiger partial charge in [0.25, 0.3) is 0 Å². The van der Waals surface area contributed by atoms with Gasteiger partial charge in [-0.05, 0) is 80.1 Å². The second-order valence-corrected chi connectivity index (χ2v) is 7.95. The lowest BCUT2D eigenvalue weighted by atomic mass is 9.92. The van der Waals surface area contributed by atoms with Crippen LogP contribution in [0.1, 0.15) is 42.7 Å². The molecule has 148 valence electrons. The van der Waals surface area contributed by atoms with Gasteiger partial charge in [0, 0.05) is 13.1 Å². The van der Waals surface area contributed by atoms with Gasteiger partial charge in [0.05, 0.1) is 6.04 Å². The van der Waals surface area contributed by atoms with Gasteiger partial charge in [0.1, 0.15) is 11.6 Å². The van der Waals surface area contributed by atoms with Crippen molar-refractivity contribution in [2.24, 2.45) is 0 Å². The van der Waals surface area contributed by atoms with Crippen molar-refractivity contribution in [3.8, 4) is 5.75 Å². The van der Waals surface area contributed by atoms with Crippen LogP contribution in [-0.2, 0) is 11.3 Å². The van der Waals surface area contributed by atoms with Crippen LogP contribution in [0.3, 0.4) is 0 Å². The zero-order chi connectivity index (χ0) is 19.5. The third-order valence-electron chi connectivity index (χ3n) is 6.12.